The molecule has 0 amide bonds. The third-order valence-corrected chi connectivity index (χ3v) is 4.16. The fourth-order valence-electron chi connectivity index (χ4n) is 2.79. The van der Waals surface area contributed by atoms with Gasteiger partial charge in [0.15, 0.2) is 11.5 Å². The van der Waals surface area contributed by atoms with Gasteiger partial charge in [0.25, 0.3) is 0 Å². The lowest BCUT2D eigenvalue weighted by Crippen LogP contribution is -2.12. The number of aromatic nitrogens is 2. The van der Waals surface area contributed by atoms with Crippen LogP contribution in [0.5, 0.6) is 11.5 Å². The van der Waals surface area contributed by atoms with Crippen molar-refractivity contribution in [1.82, 2.24) is 9.55 Å². The smallest absolute Gasteiger partial charge is 0.163 e. The molecule has 1 aliphatic heterocycles. The Kier molecular flexibility index (Phi) is 4.22. The van der Waals surface area contributed by atoms with Crippen LogP contribution in [0, 0.1) is 5.92 Å². The van der Waals surface area contributed by atoms with Crippen LogP contribution in [0.15, 0.2) is 12.1 Å². The Morgan fingerprint density at radius 2 is 2.10 bits per heavy atom. The topological polar surface area (TPSA) is 45.5 Å². The van der Waals surface area contributed by atoms with Crippen LogP contribution in [0.2, 0.25) is 0 Å². The van der Waals surface area contributed by atoms with Crippen LogP contribution in [0.25, 0.3) is 11.0 Å². The molecule has 21 heavy (non-hydrogen) atoms. The predicted octanol–water partition coefficient (Wildman–Crippen LogP) is 2.83. The number of alkyl halides is 1. The van der Waals surface area contributed by atoms with Gasteiger partial charge in [-0.15, -0.1) is 11.6 Å². The number of imidazole rings is 1. The number of rotatable bonds is 5. The maximum absolute atomic E-state index is 6.06. The van der Waals surface area contributed by atoms with Crippen molar-refractivity contribution in [3.63, 3.8) is 0 Å². The lowest BCUT2D eigenvalue weighted by atomic mass is 10.1. The lowest BCUT2D eigenvalue weighted by Gasteiger charge is -2.13. The summed E-state index contributed by atoms with van der Waals surface area (Å²) in [5.41, 5.74) is 1.90. The molecule has 5 nitrogen and oxygen atoms in total. The van der Waals surface area contributed by atoms with Crippen LogP contribution >= 0.6 is 11.6 Å². The van der Waals surface area contributed by atoms with E-state index in [1.54, 1.807) is 14.2 Å². The Morgan fingerprint density at radius 1 is 1.33 bits per heavy atom. The molecule has 2 aromatic rings. The monoisotopic (exact) mass is 310 g/mol. The number of hydrogen-bond acceptors (Lipinski definition) is 4. The summed E-state index contributed by atoms with van der Waals surface area (Å²) < 4.78 is 18.4. The molecule has 0 N–H and O–H groups in total. The molecule has 3 rings (SSSR count). The molecule has 1 unspecified atom stereocenters. The van der Waals surface area contributed by atoms with E-state index in [0.717, 1.165) is 43.0 Å². The zero-order chi connectivity index (χ0) is 14.8. The Morgan fingerprint density at radius 3 is 2.71 bits per heavy atom. The molecule has 2 heterocycles. The minimum Gasteiger partial charge on any atom is -0.493 e. The first-order chi connectivity index (χ1) is 10.3. The highest BCUT2D eigenvalue weighted by Crippen LogP contribution is 2.33. The second-order valence-corrected chi connectivity index (χ2v) is 5.47. The van der Waals surface area contributed by atoms with E-state index in [2.05, 4.69) is 9.55 Å². The summed E-state index contributed by atoms with van der Waals surface area (Å²) in [5, 5.41) is 0. The molecule has 6 heteroatoms. The average Bonchev–Trinajstić information content (AvgIpc) is 3.14. The number of fused-ring (bicyclic) bond motifs is 1. The van der Waals surface area contributed by atoms with E-state index in [4.69, 9.17) is 25.8 Å². The first kappa shape index (κ1) is 14.5. The van der Waals surface area contributed by atoms with E-state index >= 15 is 0 Å². The standard InChI is InChI=1S/C15H19ClN2O3/c1-19-13-5-11-12(6-14(13)20-2)18(15(7-16)17-11)8-10-3-4-21-9-10/h5-6,10H,3-4,7-9H2,1-2H3. The van der Waals surface area contributed by atoms with Crippen molar-refractivity contribution in [3.05, 3.63) is 18.0 Å². The summed E-state index contributed by atoms with van der Waals surface area (Å²) in [4.78, 5) is 4.61. The quantitative estimate of drug-likeness (QED) is 0.797. The van der Waals surface area contributed by atoms with Crippen LogP contribution in [0.1, 0.15) is 12.2 Å². The van der Waals surface area contributed by atoms with Crippen molar-refractivity contribution in [1.29, 1.82) is 0 Å². The first-order valence-electron chi connectivity index (χ1n) is 7.01. The Bertz CT molecular complexity index is 635. The van der Waals surface area contributed by atoms with Crippen LogP contribution in [0.4, 0.5) is 0 Å². The maximum Gasteiger partial charge on any atom is 0.163 e. The summed E-state index contributed by atoms with van der Waals surface area (Å²) in [5.74, 6) is 3.15. The summed E-state index contributed by atoms with van der Waals surface area (Å²) in [6.07, 6.45) is 1.08. The third kappa shape index (κ3) is 2.68. The summed E-state index contributed by atoms with van der Waals surface area (Å²) in [6.45, 7) is 2.51. The van der Waals surface area contributed by atoms with E-state index in [1.165, 1.54) is 0 Å². The van der Waals surface area contributed by atoms with Crippen molar-refractivity contribution in [2.24, 2.45) is 5.92 Å². The minimum atomic E-state index is 0.382. The van der Waals surface area contributed by atoms with Gasteiger partial charge in [0.2, 0.25) is 0 Å². The largest absolute Gasteiger partial charge is 0.493 e. The second-order valence-electron chi connectivity index (χ2n) is 5.20. The predicted molar refractivity (Wildman–Crippen MR) is 81.3 cm³/mol. The van der Waals surface area contributed by atoms with Crippen molar-refractivity contribution in [2.75, 3.05) is 27.4 Å². The molecule has 1 atom stereocenters. The van der Waals surface area contributed by atoms with Gasteiger partial charge in [0, 0.05) is 31.2 Å². The fraction of sp³-hybridized carbons (Fsp3) is 0.533. The van der Waals surface area contributed by atoms with Crippen LogP contribution in [0.3, 0.4) is 0 Å². The zero-order valence-corrected chi connectivity index (χ0v) is 13.0. The molecule has 1 fully saturated rings. The van der Waals surface area contributed by atoms with Crippen LogP contribution < -0.4 is 9.47 Å². The third-order valence-electron chi connectivity index (χ3n) is 3.92. The van der Waals surface area contributed by atoms with Gasteiger partial charge < -0.3 is 18.8 Å². The molecule has 114 valence electrons. The van der Waals surface area contributed by atoms with E-state index in [-0.39, 0.29) is 0 Å². The van der Waals surface area contributed by atoms with Crippen molar-refractivity contribution < 1.29 is 14.2 Å². The van der Waals surface area contributed by atoms with Gasteiger partial charge in [-0.05, 0) is 6.42 Å². The number of hydrogen-bond donors (Lipinski definition) is 0. The Hall–Kier alpha value is -1.46. The molecule has 1 aromatic carbocycles. The highest BCUT2D eigenvalue weighted by Gasteiger charge is 2.20. The number of nitrogens with zero attached hydrogens (tertiary/aromatic N) is 2. The van der Waals surface area contributed by atoms with Gasteiger partial charge in [0.05, 0.1) is 37.7 Å². The van der Waals surface area contributed by atoms with Crippen molar-refractivity contribution in [3.8, 4) is 11.5 Å². The molecule has 1 saturated heterocycles. The van der Waals surface area contributed by atoms with E-state index in [1.807, 2.05) is 12.1 Å². The summed E-state index contributed by atoms with van der Waals surface area (Å²) >= 11 is 6.06. The van der Waals surface area contributed by atoms with E-state index in [9.17, 15) is 0 Å². The summed E-state index contributed by atoms with van der Waals surface area (Å²) in [6, 6.07) is 3.86. The molecule has 1 aliphatic rings. The van der Waals surface area contributed by atoms with Crippen molar-refractivity contribution >= 4 is 22.6 Å². The van der Waals surface area contributed by atoms with Gasteiger partial charge in [-0.1, -0.05) is 0 Å². The second kappa shape index (κ2) is 6.12. The van der Waals surface area contributed by atoms with Gasteiger partial charge in [-0.3, -0.25) is 0 Å². The van der Waals surface area contributed by atoms with Gasteiger partial charge >= 0.3 is 0 Å². The van der Waals surface area contributed by atoms with Crippen molar-refractivity contribution in [2.45, 2.75) is 18.8 Å². The van der Waals surface area contributed by atoms with Gasteiger partial charge in [-0.25, -0.2) is 4.98 Å². The fourth-order valence-corrected chi connectivity index (χ4v) is 3.00. The zero-order valence-electron chi connectivity index (χ0n) is 12.3. The number of benzene rings is 1. The molecule has 0 spiro atoms. The molecule has 0 aliphatic carbocycles. The Labute approximate surface area is 128 Å². The molecule has 1 aromatic heterocycles. The normalized spacial score (nSPS) is 18.3. The van der Waals surface area contributed by atoms with Gasteiger partial charge in [-0.2, -0.15) is 0 Å². The molecule has 0 saturated carbocycles. The SMILES string of the molecule is COc1cc2nc(CCl)n(CC3CCOC3)c2cc1OC. The first-order valence-corrected chi connectivity index (χ1v) is 7.55. The number of halogens is 1. The molecule has 0 radical (unpaired) electrons. The number of methoxy groups -OCH3 is 2. The van der Waals surface area contributed by atoms with E-state index < -0.39 is 0 Å². The van der Waals surface area contributed by atoms with Crippen LogP contribution in [-0.4, -0.2) is 37.0 Å². The maximum atomic E-state index is 6.06. The minimum absolute atomic E-state index is 0.382. The lowest BCUT2D eigenvalue weighted by molar-refractivity contribution is 0.182. The molecular weight excluding hydrogens is 292 g/mol. The Balaban J connectivity index is 2.07. The van der Waals surface area contributed by atoms with E-state index in [0.29, 0.717) is 23.3 Å². The average molecular weight is 311 g/mol. The molecular formula is C15H19ClN2O3. The summed E-state index contributed by atoms with van der Waals surface area (Å²) in [7, 11) is 3.26. The number of ether oxygens (including phenoxy) is 3. The highest BCUT2D eigenvalue weighted by atomic mass is 35.5. The highest BCUT2D eigenvalue weighted by molar-refractivity contribution is 6.16. The van der Waals surface area contributed by atoms with Crippen LogP contribution in [-0.2, 0) is 17.2 Å². The van der Waals surface area contributed by atoms with Gasteiger partial charge in [0.1, 0.15) is 5.82 Å². The molecule has 0 bridgehead atoms.